The standard InChI is InChI=1S/C14H18F2N2O2/c1-14(2,3)17-12(19)8-18(4)13(20)9-5-10(15)7-11(16)6-9/h5-7H,8H2,1-4H3,(H,17,19). The summed E-state index contributed by atoms with van der Waals surface area (Å²) in [7, 11) is 1.40. The normalized spacial score (nSPS) is 11.1. The van der Waals surface area contributed by atoms with E-state index in [1.165, 1.54) is 7.05 Å². The van der Waals surface area contributed by atoms with E-state index in [2.05, 4.69) is 5.32 Å². The molecule has 0 saturated carbocycles. The number of nitrogens with zero attached hydrogens (tertiary/aromatic N) is 1. The molecule has 0 spiro atoms. The van der Waals surface area contributed by atoms with Crippen molar-refractivity contribution in [2.24, 2.45) is 0 Å². The maximum absolute atomic E-state index is 13.0. The summed E-state index contributed by atoms with van der Waals surface area (Å²) in [4.78, 5) is 24.8. The first-order valence-corrected chi connectivity index (χ1v) is 6.11. The maximum atomic E-state index is 13.0. The second-order valence-corrected chi connectivity index (χ2v) is 5.62. The van der Waals surface area contributed by atoms with Gasteiger partial charge in [0.05, 0.1) is 6.54 Å². The van der Waals surface area contributed by atoms with E-state index in [1.807, 2.05) is 20.8 Å². The monoisotopic (exact) mass is 284 g/mol. The topological polar surface area (TPSA) is 49.4 Å². The van der Waals surface area contributed by atoms with Crippen molar-refractivity contribution in [2.45, 2.75) is 26.3 Å². The molecule has 1 rings (SSSR count). The Labute approximate surface area is 116 Å². The molecule has 0 unspecified atom stereocenters. The predicted octanol–water partition coefficient (Wildman–Crippen LogP) is 1.95. The Morgan fingerprint density at radius 1 is 1.15 bits per heavy atom. The van der Waals surface area contributed by atoms with E-state index < -0.39 is 23.1 Å². The number of rotatable bonds is 3. The zero-order chi connectivity index (χ0) is 15.5. The van der Waals surface area contributed by atoms with Crippen LogP contribution in [0.2, 0.25) is 0 Å². The molecule has 0 bridgehead atoms. The van der Waals surface area contributed by atoms with Gasteiger partial charge in [0.2, 0.25) is 5.91 Å². The summed E-state index contributed by atoms with van der Waals surface area (Å²) in [5, 5.41) is 2.70. The van der Waals surface area contributed by atoms with Crippen molar-refractivity contribution < 1.29 is 18.4 Å². The fraction of sp³-hybridized carbons (Fsp3) is 0.429. The Morgan fingerprint density at radius 2 is 1.65 bits per heavy atom. The number of carbonyl (C=O) groups excluding carboxylic acids is 2. The smallest absolute Gasteiger partial charge is 0.254 e. The molecule has 1 N–H and O–H groups in total. The maximum Gasteiger partial charge on any atom is 0.254 e. The highest BCUT2D eigenvalue weighted by atomic mass is 19.1. The Hall–Kier alpha value is -1.98. The highest BCUT2D eigenvalue weighted by Crippen LogP contribution is 2.10. The molecular formula is C14H18F2N2O2. The molecule has 0 aliphatic carbocycles. The van der Waals surface area contributed by atoms with Crippen LogP contribution >= 0.6 is 0 Å². The van der Waals surface area contributed by atoms with Gasteiger partial charge in [-0.3, -0.25) is 9.59 Å². The molecular weight excluding hydrogens is 266 g/mol. The van der Waals surface area contributed by atoms with Crippen molar-refractivity contribution in [3.8, 4) is 0 Å². The third kappa shape index (κ3) is 4.95. The lowest BCUT2D eigenvalue weighted by atomic mass is 10.1. The summed E-state index contributed by atoms with van der Waals surface area (Å²) in [5.41, 5.74) is -0.542. The average molecular weight is 284 g/mol. The van der Waals surface area contributed by atoms with Gasteiger partial charge >= 0.3 is 0 Å². The summed E-state index contributed by atoms with van der Waals surface area (Å²) >= 11 is 0. The predicted molar refractivity (Wildman–Crippen MR) is 71.2 cm³/mol. The highest BCUT2D eigenvalue weighted by Gasteiger charge is 2.19. The average Bonchev–Trinajstić information content (AvgIpc) is 2.23. The lowest BCUT2D eigenvalue weighted by molar-refractivity contribution is -0.122. The molecule has 0 radical (unpaired) electrons. The van der Waals surface area contributed by atoms with E-state index in [0.29, 0.717) is 6.07 Å². The summed E-state index contributed by atoms with van der Waals surface area (Å²) < 4.78 is 26.1. The highest BCUT2D eigenvalue weighted by molar-refractivity contribution is 5.96. The minimum Gasteiger partial charge on any atom is -0.350 e. The van der Waals surface area contributed by atoms with Crippen LogP contribution in [0.3, 0.4) is 0 Å². The number of amides is 2. The third-order valence-corrected chi connectivity index (χ3v) is 2.35. The fourth-order valence-electron chi connectivity index (χ4n) is 1.64. The van der Waals surface area contributed by atoms with Gasteiger partial charge in [-0.2, -0.15) is 0 Å². The summed E-state index contributed by atoms with van der Waals surface area (Å²) in [6.45, 7) is 5.26. The fourth-order valence-corrected chi connectivity index (χ4v) is 1.64. The van der Waals surface area contributed by atoms with Crippen molar-refractivity contribution in [1.82, 2.24) is 10.2 Å². The van der Waals surface area contributed by atoms with Gasteiger partial charge in [0.25, 0.3) is 5.91 Å². The largest absolute Gasteiger partial charge is 0.350 e. The SMILES string of the molecule is CN(CC(=O)NC(C)(C)C)C(=O)c1cc(F)cc(F)c1. The van der Waals surface area contributed by atoms with Crippen LogP contribution in [0.25, 0.3) is 0 Å². The zero-order valence-electron chi connectivity index (χ0n) is 12.0. The number of hydrogen-bond acceptors (Lipinski definition) is 2. The molecule has 0 atom stereocenters. The van der Waals surface area contributed by atoms with Crippen LogP contribution in [0, 0.1) is 11.6 Å². The number of benzene rings is 1. The Bertz CT molecular complexity index is 504. The molecule has 0 heterocycles. The molecule has 0 aromatic heterocycles. The quantitative estimate of drug-likeness (QED) is 0.922. The van der Waals surface area contributed by atoms with Crippen molar-refractivity contribution in [2.75, 3.05) is 13.6 Å². The van der Waals surface area contributed by atoms with Gasteiger partial charge in [-0.15, -0.1) is 0 Å². The van der Waals surface area contributed by atoms with Gasteiger partial charge in [-0.25, -0.2) is 8.78 Å². The molecule has 1 aromatic rings. The second-order valence-electron chi connectivity index (χ2n) is 5.62. The van der Waals surface area contributed by atoms with E-state index in [4.69, 9.17) is 0 Å². The number of carbonyl (C=O) groups is 2. The molecule has 4 nitrogen and oxygen atoms in total. The molecule has 20 heavy (non-hydrogen) atoms. The van der Waals surface area contributed by atoms with Crippen LogP contribution in [0.15, 0.2) is 18.2 Å². The van der Waals surface area contributed by atoms with Crippen LogP contribution in [0.4, 0.5) is 8.78 Å². The Balaban J connectivity index is 2.74. The molecule has 6 heteroatoms. The van der Waals surface area contributed by atoms with E-state index >= 15 is 0 Å². The molecule has 0 fully saturated rings. The first kappa shape index (κ1) is 16.1. The zero-order valence-corrected chi connectivity index (χ0v) is 12.0. The molecule has 0 aliphatic heterocycles. The second kappa shape index (κ2) is 5.98. The van der Waals surface area contributed by atoms with Crippen molar-refractivity contribution in [1.29, 1.82) is 0 Å². The minimum atomic E-state index is -0.833. The third-order valence-electron chi connectivity index (χ3n) is 2.35. The summed E-state index contributed by atoms with van der Waals surface area (Å²) in [6, 6.07) is 2.55. The minimum absolute atomic E-state index is 0.131. The van der Waals surface area contributed by atoms with Crippen LogP contribution in [-0.4, -0.2) is 35.8 Å². The Kier molecular flexibility index (Phi) is 4.81. The number of likely N-dealkylation sites (N-methyl/N-ethyl adjacent to an activating group) is 1. The van der Waals surface area contributed by atoms with Crippen LogP contribution in [-0.2, 0) is 4.79 Å². The molecule has 2 amide bonds. The van der Waals surface area contributed by atoms with Crippen LogP contribution in [0.1, 0.15) is 31.1 Å². The van der Waals surface area contributed by atoms with Crippen LogP contribution < -0.4 is 5.32 Å². The van der Waals surface area contributed by atoms with Gasteiger partial charge in [0, 0.05) is 24.2 Å². The molecule has 0 aliphatic rings. The first-order chi connectivity index (χ1) is 9.08. The van der Waals surface area contributed by atoms with E-state index in [0.717, 1.165) is 17.0 Å². The van der Waals surface area contributed by atoms with Gasteiger partial charge in [0.15, 0.2) is 0 Å². The number of nitrogens with one attached hydrogen (secondary N) is 1. The van der Waals surface area contributed by atoms with E-state index in [9.17, 15) is 18.4 Å². The number of hydrogen-bond donors (Lipinski definition) is 1. The lowest BCUT2D eigenvalue weighted by Crippen LogP contribution is -2.46. The molecule has 110 valence electrons. The van der Waals surface area contributed by atoms with Crippen molar-refractivity contribution in [3.63, 3.8) is 0 Å². The molecule has 0 saturated heterocycles. The van der Waals surface area contributed by atoms with Gasteiger partial charge in [-0.1, -0.05) is 0 Å². The summed E-state index contributed by atoms with van der Waals surface area (Å²) in [5.74, 6) is -2.63. The van der Waals surface area contributed by atoms with Crippen molar-refractivity contribution in [3.05, 3.63) is 35.4 Å². The Morgan fingerprint density at radius 3 is 2.10 bits per heavy atom. The summed E-state index contributed by atoms with van der Waals surface area (Å²) in [6.07, 6.45) is 0. The van der Waals surface area contributed by atoms with E-state index in [-0.39, 0.29) is 18.0 Å². The lowest BCUT2D eigenvalue weighted by Gasteiger charge is -2.23. The van der Waals surface area contributed by atoms with Gasteiger partial charge < -0.3 is 10.2 Å². The van der Waals surface area contributed by atoms with Crippen LogP contribution in [0.5, 0.6) is 0 Å². The molecule has 1 aromatic carbocycles. The first-order valence-electron chi connectivity index (χ1n) is 6.11. The number of halogens is 2. The van der Waals surface area contributed by atoms with E-state index in [1.54, 1.807) is 0 Å². The van der Waals surface area contributed by atoms with Gasteiger partial charge in [-0.05, 0) is 32.9 Å². The van der Waals surface area contributed by atoms with Crippen molar-refractivity contribution >= 4 is 11.8 Å². The van der Waals surface area contributed by atoms with Gasteiger partial charge in [0.1, 0.15) is 11.6 Å².